The van der Waals surface area contributed by atoms with Gasteiger partial charge in [0, 0.05) is 29.9 Å². The van der Waals surface area contributed by atoms with Crippen LogP contribution in [0.3, 0.4) is 0 Å². The highest BCUT2D eigenvalue weighted by Crippen LogP contribution is 2.14. The molecule has 2 N–H and O–H groups in total. The number of hydrogen-bond acceptors (Lipinski definition) is 2. The number of halogens is 4. The molecule has 3 nitrogen and oxygen atoms in total. The first-order valence-corrected chi connectivity index (χ1v) is 4.95. The minimum atomic E-state index is -1.20. The molecule has 0 fully saturated rings. The summed E-state index contributed by atoms with van der Waals surface area (Å²) in [6.45, 7) is 0.350. The van der Waals surface area contributed by atoms with Gasteiger partial charge in [-0.1, -0.05) is 0 Å². The fourth-order valence-electron chi connectivity index (χ4n) is 1.46. The molecule has 0 saturated carbocycles. The molecule has 0 aliphatic carbocycles. The Morgan fingerprint density at radius 2 is 1.78 bits per heavy atom. The zero-order valence-electron chi connectivity index (χ0n) is 9.24. The normalized spacial score (nSPS) is 10.2. The van der Waals surface area contributed by atoms with Crippen LogP contribution in [0.2, 0.25) is 0 Å². The summed E-state index contributed by atoms with van der Waals surface area (Å²) < 4.78 is 40.4. The molecule has 0 aliphatic rings. The van der Waals surface area contributed by atoms with Gasteiger partial charge in [0.15, 0.2) is 11.6 Å². The summed E-state index contributed by atoms with van der Waals surface area (Å²) in [5, 5.41) is 3.93. The number of hydrogen-bond donors (Lipinski definition) is 1. The summed E-state index contributed by atoms with van der Waals surface area (Å²) in [5.74, 6) is -3.07. The third kappa shape index (κ3) is 3.02. The van der Waals surface area contributed by atoms with Gasteiger partial charge in [-0.05, 0) is 6.07 Å². The van der Waals surface area contributed by atoms with E-state index in [1.165, 1.54) is 10.9 Å². The van der Waals surface area contributed by atoms with Crippen molar-refractivity contribution < 1.29 is 13.2 Å². The summed E-state index contributed by atoms with van der Waals surface area (Å²) in [6.07, 6.45) is 3.17. The first-order valence-electron chi connectivity index (χ1n) is 4.95. The Labute approximate surface area is 108 Å². The average molecular weight is 278 g/mol. The molecular weight excluding hydrogens is 267 g/mol. The predicted octanol–water partition coefficient (Wildman–Crippen LogP) is 2.23. The highest BCUT2D eigenvalue weighted by atomic mass is 35.5. The van der Waals surface area contributed by atoms with Crippen LogP contribution in [0.5, 0.6) is 0 Å². The Morgan fingerprint density at radius 3 is 2.39 bits per heavy atom. The van der Waals surface area contributed by atoms with Gasteiger partial charge in [-0.2, -0.15) is 5.10 Å². The third-order valence-corrected chi connectivity index (χ3v) is 2.34. The molecule has 1 aromatic carbocycles. The van der Waals surface area contributed by atoms with Crippen molar-refractivity contribution in [1.29, 1.82) is 0 Å². The molecule has 2 aromatic rings. The molecule has 2 rings (SSSR count). The Hall–Kier alpha value is -1.53. The highest BCUT2D eigenvalue weighted by Gasteiger charge is 2.10. The summed E-state index contributed by atoms with van der Waals surface area (Å²) in [4.78, 5) is 0. The standard InChI is InChI=1S/C11H10F3N3.ClH/c12-9-2-11(14)10(13)1-8(9)6-17-5-7(3-15)4-16-17;/h1-2,4-5H,3,6,15H2;1H. The van der Waals surface area contributed by atoms with Crippen LogP contribution in [-0.4, -0.2) is 9.78 Å². The van der Waals surface area contributed by atoms with Crippen LogP contribution in [0.4, 0.5) is 13.2 Å². The fourth-order valence-corrected chi connectivity index (χ4v) is 1.46. The molecule has 0 saturated heterocycles. The summed E-state index contributed by atoms with van der Waals surface area (Å²) >= 11 is 0. The topological polar surface area (TPSA) is 43.8 Å². The van der Waals surface area contributed by atoms with E-state index in [-0.39, 0.29) is 24.5 Å². The van der Waals surface area contributed by atoms with Crippen LogP contribution < -0.4 is 5.73 Å². The Morgan fingerprint density at radius 1 is 1.11 bits per heavy atom. The van der Waals surface area contributed by atoms with E-state index in [1.54, 1.807) is 6.20 Å². The van der Waals surface area contributed by atoms with E-state index < -0.39 is 17.5 Å². The van der Waals surface area contributed by atoms with Crippen LogP contribution >= 0.6 is 12.4 Å². The molecule has 1 aromatic heterocycles. The SMILES string of the molecule is Cl.NCc1cnn(Cc2cc(F)c(F)cc2F)c1. The second-order valence-corrected chi connectivity index (χ2v) is 3.61. The lowest BCUT2D eigenvalue weighted by molar-refractivity contribution is 0.486. The maximum absolute atomic E-state index is 13.3. The molecule has 0 atom stereocenters. The van der Waals surface area contributed by atoms with Gasteiger partial charge < -0.3 is 5.73 Å². The average Bonchev–Trinajstić information content (AvgIpc) is 2.73. The molecule has 18 heavy (non-hydrogen) atoms. The van der Waals surface area contributed by atoms with E-state index in [9.17, 15) is 13.2 Å². The molecule has 0 radical (unpaired) electrons. The molecular formula is C11H11ClF3N3. The number of rotatable bonds is 3. The van der Waals surface area contributed by atoms with E-state index >= 15 is 0 Å². The summed E-state index contributed by atoms with van der Waals surface area (Å²) in [6, 6.07) is 1.35. The first-order chi connectivity index (χ1) is 8.10. The van der Waals surface area contributed by atoms with E-state index in [2.05, 4.69) is 5.10 Å². The van der Waals surface area contributed by atoms with E-state index in [0.29, 0.717) is 12.6 Å². The van der Waals surface area contributed by atoms with Crippen LogP contribution in [0.1, 0.15) is 11.1 Å². The lowest BCUT2D eigenvalue weighted by Gasteiger charge is -2.04. The minimum absolute atomic E-state index is 0. The number of aromatic nitrogens is 2. The third-order valence-electron chi connectivity index (χ3n) is 2.34. The van der Waals surface area contributed by atoms with Crippen LogP contribution in [0.25, 0.3) is 0 Å². The van der Waals surface area contributed by atoms with Gasteiger partial charge in [0.05, 0.1) is 12.7 Å². The highest BCUT2D eigenvalue weighted by molar-refractivity contribution is 5.85. The van der Waals surface area contributed by atoms with Crippen LogP contribution in [-0.2, 0) is 13.1 Å². The smallest absolute Gasteiger partial charge is 0.161 e. The van der Waals surface area contributed by atoms with Crippen molar-refractivity contribution in [3.05, 3.63) is 53.1 Å². The maximum Gasteiger partial charge on any atom is 0.161 e. The second-order valence-electron chi connectivity index (χ2n) is 3.61. The van der Waals surface area contributed by atoms with Crippen molar-refractivity contribution in [1.82, 2.24) is 9.78 Å². The molecule has 7 heteroatoms. The Balaban J connectivity index is 0.00000162. The van der Waals surface area contributed by atoms with Crippen molar-refractivity contribution in [2.24, 2.45) is 5.73 Å². The van der Waals surface area contributed by atoms with Crippen molar-refractivity contribution in [3.8, 4) is 0 Å². The number of nitrogens with two attached hydrogens (primary N) is 1. The van der Waals surface area contributed by atoms with Gasteiger partial charge in [0.25, 0.3) is 0 Å². The monoisotopic (exact) mass is 277 g/mol. The molecule has 98 valence electrons. The van der Waals surface area contributed by atoms with E-state index in [1.807, 2.05) is 0 Å². The fraction of sp³-hybridized carbons (Fsp3) is 0.182. The summed E-state index contributed by atoms with van der Waals surface area (Å²) in [5.41, 5.74) is 6.22. The van der Waals surface area contributed by atoms with Gasteiger partial charge in [-0.25, -0.2) is 13.2 Å². The zero-order chi connectivity index (χ0) is 12.4. The predicted molar refractivity (Wildman–Crippen MR) is 62.8 cm³/mol. The quantitative estimate of drug-likeness (QED) is 0.875. The number of benzene rings is 1. The number of nitrogens with zero attached hydrogens (tertiary/aromatic N) is 2. The van der Waals surface area contributed by atoms with Crippen molar-refractivity contribution >= 4 is 12.4 Å². The zero-order valence-corrected chi connectivity index (χ0v) is 10.1. The molecule has 0 spiro atoms. The van der Waals surface area contributed by atoms with Gasteiger partial charge in [0.2, 0.25) is 0 Å². The van der Waals surface area contributed by atoms with Gasteiger partial charge >= 0.3 is 0 Å². The lowest BCUT2D eigenvalue weighted by atomic mass is 10.2. The lowest BCUT2D eigenvalue weighted by Crippen LogP contribution is -2.04. The molecule has 0 bridgehead atoms. The molecule has 0 amide bonds. The molecule has 0 aliphatic heterocycles. The molecule has 0 unspecified atom stereocenters. The van der Waals surface area contributed by atoms with Gasteiger partial charge in [-0.15, -0.1) is 12.4 Å². The van der Waals surface area contributed by atoms with Crippen molar-refractivity contribution in [3.63, 3.8) is 0 Å². The first kappa shape index (κ1) is 14.5. The largest absolute Gasteiger partial charge is 0.326 e. The van der Waals surface area contributed by atoms with E-state index in [0.717, 1.165) is 11.6 Å². The summed E-state index contributed by atoms with van der Waals surface area (Å²) in [7, 11) is 0. The van der Waals surface area contributed by atoms with Crippen molar-refractivity contribution in [2.75, 3.05) is 0 Å². The van der Waals surface area contributed by atoms with E-state index in [4.69, 9.17) is 5.73 Å². The van der Waals surface area contributed by atoms with Crippen LogP contribution in [0, 0.1) is 17.5 Å². The van der Waals surface area contributed by atoms with Crippen molar-refractivity contribution in [2.45, 2.75) is 13.1 Å². The molecule has 1 heterocycles. The van der Waals surface area contributed by atoms with Gasteiger partial charge in [0.1, 0.15) is 5.82 Å². The second kappa shape index (κ2) is 5.88. The Kier molecular flexibility index (Phi) is 4.75. The maximum atomic E-state index is 13.3. The Bertz CT molecular complexity index is 542. The van der Waals surface area contributed by atoms with Crippen LogP contribution in [0.15, 0.2) is 24.5 Å². The minimum Gasteiger partial charge on any atom is -0.326 e. The van der Waals surface area contributed by atoms with Gasteiger partial charge in [-0.3, -0.25) is 4.68 Å².